The monoisotopic (exact) mass is 662 g/mol. The molecule has 0 radical (unpaired) electrons. The van der Waals surface area contributed by atoms with E-state index >= 15 is 0 Å². The molecule has 0 aliphatic carbocycles. The van der Waals surface area contributed by atoms with Crippen LogP contribution in [0.2, 0.25) is 23.2 Å². The lowest BCUT2D eigenvalue weighted by Crippen LogP contribution is -2.68. The Hall–Kier alpha value is -1.99. The maximum absolute atomic E-state index is 12.9. The number of halogens is 2. The lowest BCUT2D eigenvalue weighted by Gasteiger charge is -2.47. The molecule has 0 saturated carbocycles. The summed E-state index contributed by atoms with van der Waals surface area (Å²) in [6.45, 7) is 17.5. The predicted octanol–water partition coefficient (Wildman–Crippen LogP) is 5.62. The summed E-state index contributed by atoms with van der Waals surface area (Å²) in [5.74, 6) is 0.0162. The number of aromatic nitrogens is 2. The van der Waals surface area contributed by atoms with Gasteiger partial charge in [-0.2, -0.15) is 0 Å². The zero-order chi connectivity index (χ0) is 31.8. The second-order valence-electron chi connectivity index (χ2n) is 13.9. The second kappa shape index (κ2) is 12.4. The van der Waals surface area contributed by atoms with Crippen molar-refractivity contribution in [3.8, 4) is 0 Å². The number of hydrogen-bond acceptors (Lipinski definition) is 5. The Morgan fingerprint density at radius 1 is 0.907 bits per heavy atom. The Bertz CT molecular complexity index is 1460. The Labute approximate surface area is 266 Å². The van der Waals surface area contributed by atoms with Gasteiger partial charge in [-0.25, -0.2) is 4.79 Å². The summed E-state index contributed by atoms with van der Waals surface area (Å²) in [4.78, 5) is 27.1. The lowest BCUT2D eigenvalue weighted by molar-refractivity contribution is -0.108. The molecule has 0 unspecified atom stereocenters. The van der Waals surface area contributed by atoms with Crippen molar-refractivity contribution >= 4 is 50.2 Å². The van der Waals surface area contributed by atoms with Gasteiger partial charge in [-0.05, 0) is 33.5 Å². The highest BCUT2D eigenvalue weighted by Gasteiger charge is 2.60. The molecule has 1 fully saturated rings. The molecule has 0 spiro atoms. The van der Waals surface area contributed by atoms with Gasteiger partial charge in [0.2, 0.25) is 0 Å². The van der Waals surface area contributed by atoms with E-state index in [0.717, 1.165) is 10.4 Å². The van der Waals surface area contributed by atoms with E-state index in [2.05, 4.69) is 83.9 Å². The van der Waals surface area contributed by atoms with Gasteiger partial charge >= 0.3 is 5.69 Å². The van der Waals surface area contributed by atoms with Gasteiger partial charge in [-0.15, -0.1) is 23.2 Å². The topological polar surface area (TPSA) is 82.6 Å². The van der Waals surface area contributed by atoms with Gasteiger partial charge in [0, 0.05) is 12.3 Å². The van der Waals surface area contributed by atoms with E-state index in [9.17, 15) is 9.59 Å². The number of benzene rings is 2. The molecule has 2 heterocycles. The minimum absolute atomic E-state index is 0.0162. The van der Waals surface area contributed by atoms with Gasteiger partial charge in [0.1, 0.15) is 11.0 Å². The number of ether oxygens (including phenoxy) is 1. The van der Waals surface area contributed by atoms with E-state index in [1.54, 1.807) is 0 Å². The number of nitrogens with zero attached hydrogens (tertiary/aromatic N) is 1. The van der Waals surface area contributed by atoms with E-state index in [4.69, 9.17) is 36.8 Å². The molecular weight excluding hydrogens is 619 g/mol. The fourth-order valence-electron chi connectivity index (χ4n) is 5.57. The highest BCUT2D eigenvalue weighted by atomic mass is 35.5. The molecule has 7 nitrogen and oxygen atoms in total. The van der Waals surface area contributed by atoms with Crippen LogP contribution in [-0.2, 0) is 13.6 Å². The quantitative estimate of drug-likeness (QED) is 0.238. The van der Waals surface area contributed by atoms with Gasteiger partial charge in [0.25, 0.3) is 13.9 Å². The van der Waals surface area contributed by atoms with Gasteiger partial charge in [-0.3, -0.25) is 14.3 Å². The molecule has 11 heteroatoms. The van der Waals surface area contributed by atoms with Crippen molar-refractivity contribution in [3.63, 3.8) is 0 Å². The minimum Gasteiger partial charge on any atom is -0.409 e. The summed E-state index contributed by atoms with van der Waals surface area (Å²) in [5, 5.41) is 1.03. The summed E-state index contributed by atoms with van der Waals surface area (Å²) in [5.41, 5.74) is -2.32. The third-order valence-corrected chi connectivity index (χ3v) is 19.3. The van der Waals surface area contributed by atoms with Gasteiger partial charge in [0.15, 0.2) is 14.5 Å². The molecule has 1 aromatic heterocycles. The predicted molar refractivity (Wildman–Crippen MR) is 180 cm³/mol. The van der Waals surface area contributed by atoms with Gasteiger partial charge in [-0.1, -0.05) is 102 Å². The van der Waals surface area contributed by atoms with Crippen molar-refractivity contribution in [2.45, 2.75) is 88.0 Å². The first-order valence-corrected chi connectivity index (χ1v) is 20.4. The van der Waals surface area contributed by atoms with E-state index in [1.807, 2.05) is 36.4 Å². The fraction of sp³-hybridized carbons (Fsp3) is 0.500. The molecule has 1 saturated heterocycles. The van der Waals surface area contributed by atoms with Crippen LogP contribution in [0.4, 0.5) is 0 Å². The zero-order valence-electron chi connectivity index (χ0n) is 26.3. The van der Waals surface area contributed by atoms with Crippen LogP contribution >= 0.6 is 23.2 Å². The van der Waals surface area contributed by atoms with Crippen LogP contribution in [0.5, 0.6) is 0 Å². The molecule has 0 amide bonds. The van der Waals surface area contributed by atoms with E-state index in [0.29, 0.717) is 0 Å². The number of aromatic amines is 1. The smallest absolute Gasteiger partial charge is 0.330 e. The minimum atomic E-state index is -2.99. The highest BCUT2D eigenvalue weighted by molar-refractivity contribution is 6.99. The highest BCUT2D eigenvalue weighted by Crippen LogP contribution is 2.48. The summed E-state index contributed by atoms with van der Waals surface area (Å²) < 4.78 is 22.4. The molecular formula is C32H44Cl2N2O5Si2. The third-order valence-electron chi connectivity index (χ3n) is 8.96. The van der Waals surface area contributed by atoms with Crippen molar-refractivity contribution < 1.29 is 13.6 Å². The maximum Gasteiger partial charge on any atom is 0.330 e. The SMILES string of the molecule is CC(C)(C)[Si](C)(C)O[C@H]1[C@@H](Cl)[C@H](n2ccc(=O)[nH]c2=O)O[C@]1(CCl)CO[Si](c1ccccc1)(c1ccccc1)C(C)(C)C. The van der Waals surface area contributed by atoms with Crippen LogP contribution in [0.3, 0.4) is 0 Å². The van der Waals surface area contributed by atoms with Crippen LogP contribution < -0.4 is 21.6 Å². The van der Waals surface area contributed by atoms with Crippen LogP contribution in [0.15, 0.2) is 82.5 Å². The number of nitrogens with one attached hydrogen (secondary N) is 1. The molecule has 3 aromatic rings. The molecule has 4 atom stereocenters. The van der Waals surface area contributed by atoms with Crippen LogP contribution in [0.1, 0.15) is 47.8 Å². The fourth-order valence-corrected chi connectivity index (χ4v) is 12.4. The number of rotatable bonds is 9. The first kappa shape index (κ1) is 33.9. The number of H-pyrrole nitrogens is 1. The molecule has 2 aromatic carbocycles. The Morgan fingerprint density at radius 3 is 1.88 bits per heavy atom. The summed E-state index contributed by atoms with van der Waals surface area (Å²) in [6.07, 6.45) is -0.241. The number of hydrogen-bond donors (Lipinski definition) is 1. The first-order chi connectivity index (χ1) is 20.0. The van der Waals surface area contributed by atoms with Crippen molar-refractivity contribution in [2.75, 3.05) is 12.5 Å². The van der Waals surface area contributed by atoms with Crippen molar-refractivity contribution in [1.82, 2.24) is 9.55 Å². The number of alkyl halides is 2. The molecule has 1 N–H and O–H groups in total. The standard InChI is InChI=1S/C32H44Cl2N2O5Si2/c1-30(2,3)42(7,8)41-27-26(34)28(36-20-19-25(37)35-29(36)38)40-32(27,21-33)22-39-43(31(4,5)6,23-15-11-9-12-16-23)24-17-13-10-14-18-24/h9-20,26-28H,21-22H2,1-8H3,(H,35,37,38)/t26-,27+,28-,32-/m1/s1. The van der Waals surface area contributed by atoms with Crippen molar-refractivity contribution in [3.05, 3.63) is 93.8 Å². The Kier molecular flexibility index (Phi) is 9.79. The average Bonchev–Trinajstić information content (AvgIpc) is 3.20. The molecule has 234 valence electrons. The third kappa shape index (κ3) is 6.40. The van der Waals surface area contributed by atoms with E-state index in [-0.39, 0.29) is 22.6 Å². The Balaban J connectivity index is 1.87. The largest absolute Gasteiger partial charge is 0.409 e. The van der Waals surface area contributed by atoms with Gasteiger partial charge in [0.05, 0.1) is 18.6 Å². The molecule has 1 aliphatic heterocycles. The van der Waals surface area contributed by atoms with Crippen molar-refractivity contribution in [1.29, 1.82) is 0 Å². The zero-order valence-corrected chi connectivity index (χ0v) is 29.8. The molecule has 1 aliphatic rings. The molecule has 43 heavy (non-hydrogen) atoms. The van der Waals surface area contributed by atoms with E-state index in [1.165, 1.54) is 16.8 Å². The maximum atomic E-state index is 12.9. The first-order valence-electron chi connectivity index (χ1n) is 14.6. The van der Waals surface area contributed by atoms with Crippen LogP contribution in [0.25, 0.3) is 0 Å². The summed E-state index contributed by atoms with van der Waals surface area (Å²) in [6, 6.07) is 21.9. The Morgan fingerprint density at radius 2 is 1.44 bits per heavy atom. The lowest BCUT2D eigenvalue weighted by atomic mass is 10.00. The average molecular weight is 664 g/mol. The summed E-state index contributed by atoms with van der Waals surface area (Å²) in [7, 11) is -5.41. The molecule has 0 bridgehead atoms. The van der Waals surface area contributed by atoms with E-state index < -0.39 is 51.2 Å². The normalized spacial score (nSPS) is 23.4. The van der Waals surface area contributed by atoms with Gasteiger partial charge < -0.3 is 13.6 Å². The van der Waals surface area contributed by atoms with Crippen LogP contribution in [-0.4, -0.2) is 55.8 Å². The van der Waals surface area contributed by atoms with Crippen LogP contribution in [0, 0.1) is 0 Å². The second-order valence-corrected chi connectivity index (χ2v) is 23.8. The molecule has 4 rings (SSSR count). The van der Waals surface area contributed by atoms with Crippen molar-refractivity contribution in [2.24, 2.45) is 0 Å². The summed E-state index contributed by atoms with van der Waals surface area (Å²) >= 11 is 14.1.